The lowest BCUT2D eigenvalue weighted by atomic mass is 10.1. The highest BCUT2D eigenvalue weighted by molar-refractivity contribution is 6.47. The van der Waals surface area contributed by atoms with Gasteiger partial charge in [-0.25, -0.2) is 0 Å². The molecule has 1 rings (SSSR count). The van der Waals surface area contributed by atoms with Gasteiger partial charge in [-0.05, 0) is 5.56 Å². The van der Waals surface area contributed by atoms with Crippen LogP contribution in [-0.4, -0.2) is 17.4 Å². The second-order valence-electron chi connectivity index (χ2n) is 2.64. The standard InChI is InChI=1S/C10H9ClO2/c11-7-10(13)9(12)6-8-4-2-1-3-5-8/h1-5H,6-7H2. The Kier molecular flexibility index (Phi) is 3.65. The molecule has 0 radical (unpaired) electrons. The largest absolute Gasteiger partial charge is 0.290 e. The summed E-state index contributed by atoms with van der Waals surface area (Å²) in [5.74, 6) is -1.18. The lowest BCUT2D eigenvalue weighted by Crippen LogP contribution is -2.17. The Labute approximate surface area is 81.5 Å². The van der Waals surface area contributed by atoms with E-state index in [-0.39, 0.29) is 12.3 Å². The second kappa shape index (κ2) is 4.77. The average Bonchev–Trinajstić information content (AvgIpc) is 2.18. The fourth-order valence-electron chi connectivity index (χ4n) is 0.954. The molecule has 0 spiro atoms. The number of carbonyl (C=O) groups excluding carboxylic acids is 2. The number of halogens is 1. The molecule has 0 aromatic heterocycles. The summed E-state index contributed by atoms with van der Waals surface area (Å²) < 4.78 is 0. The Balaban J connectivity index is 2.60. The van der Waals surface area contributed by atoms with Crippen LogP contribution in [0.2, 0.25) is 0 Å². The van der Waals surface area contributed by atoms with Crippen LogP contribution < -0.4 is 0 Å². The van der Waals surface area contributed by atoms with E-state index in [9.17, 15) is 9.59 Å². The van der Waals surface area contributed by atoms with Gasteiger partial charge in [-0.1, -0.05) is 30.3 Å². The fraction of sp³-hybridized carbons (Fsp3) is 0.200. The Morgan fingerprint density at radius 2 is 1.69 bits per heavy atom. The Hall–Kier alpha value is -1.15. The van der Waals surface area contributed by atoms with Gasteiger partial charge in [0.25, 0.3) is 0 Å². The Bertz CT molecular complexity index is 306. The van der Waals surface area contributed by atoms with Crippen molar-refractivity contribution in [3.8, 4) is 0 Å². The van der Waals surface area contributed by atoms with Crippen LogP contribution in [0.1, 0.15) is 5.56 Å². The molecule has 68 valence electrons. The van der Waals surface area contributed by atoms with Crippen molar-refractivity contribution < 1.29 is 9.59 Å². The number of Topliss-reactive ketones (excluding diaryl/α,β-unsaturated/α-hetero) is 2. The molecular weight excluding hydrogens is 188 g/mol. The van der Waals surface area contributed by atoms with Crippen LogP contribution in [0.3, 0.4) is 0 Å². The first kappa shape index (κ1) is 9.93. The lowest BCUT2D eigenvalue weighted by molar-refractivity contribution is -0.134. The molecule has 0 unspecified atom stereocenters. The van der Waals surface area contributed by atoms with E-state index in [0.29, 0.717) is 0 Å². The van der Waals surface area contributed by atoms with Gasteiger partial charge < -0.3 is 0 Å². The number of rotatable bonds is 4. The van der Waals surface area contributed by atoms with Gasteiger partial charge in [-0.2, -0.15) is 0 Å². The normalized spacial score (nSPS) is 9.62. The zero-order valence-electron chi connectivity index (χ0n) is 7.00. The lowest BCUT2D eigenvalue weighted by Gasteiger charge is -1.97. The van der Waals surface area contributed by atoms with Gasteiger partial charge in [0, 0.05) is 6.42 Å². The smallest absolute Gasteiger partial charge is 0.213 e. The van der Waals surface area contributed by atoms with Gasteiger partial charge in [0.1, 0.15) is 0 Å². The van der Waals surface area contributed by atoms with Crippen molar-refractivity contribution >= 4 is 23.2 Å². The minimum absolute atomic E-state index is 0.145. The van der Waals surface area contributed by atoms with E-state index in [1.54, 1.807) is 12.1 Å². The SMILES string of the molecule is O=C(CCl)C(=O)Cc1ccccc1. The summed E-state index contributed by atoms with van der Waals surface area (Å²) in [6.07, 6.45) is 0.145. The second-order valence-corrected chi connectivity index (χ2v) is 2.91. The van der Waals surface area contributed by atoms with Crippen molar-refractivity contribution in [1.82, 2.24) is 0 Å². The molecule has 1 aromatic rings. The summed E-state index contributed by atoms with van der Waals surface area (Å²) in [5.41, 5.74) is 0.839. The molecule has 0 N–H and O–H groups in total. The molecule has 2 nitrogen and oxygen atoms in total. The van der Waals surface area contributed by atoms with Crippen molar-refractivity contribution in [2.45, 2.75) is 6.42 Å². The number of hydrogen-bond acceptors (Lipinski definition) is 2. The van der Waals surface area contributed by atoms with Crippen molar-refractivity contribution in [3.05, 3.63) is 35.9 Å². The first-order valence-corrected chi connectivity index (χ1v) is 4.43. The van der Waals surface area contributed by atoms with Crippen molar-refractivity contribution in [2.75, 3.05) is 5.88 Å². The molecule has 0 aliphatic heterocycles. The first-order valence-electron chi connectivity index (χ1n) is 3.90. The molecule has 0 saturated carbocycles. The quantitative estimate of drug-likeness (QED) is 0.542. The molecule has 0 aliphatic carbocycles. The van der Waals surface area contributed by atoms with Crippen molar-refractivity contribution in [1.29, 1.82) is 0 Å². The molecule has 13 heavy (non-hydrogen) atoms. The maximum Gasteiger partial charge on any atom is 0.213 e. The third kappa shape index (κ3) is 2.99. The summed E-state index contributed by atoms with van der Waals surface area (Å²) in [6, 6.07) is 9.12. The third-order valence-electron chi connectivity index (χ3n) is 1.64. The summed E-state index contributed by atoms with van der Waals surface area (Å²) in [4.78, 5) is 21.9. The van der Waals surface area contributed by atoms with E-state index < -0.39 is 11.6 Å². The number of ketones is 2. The van der Waals surface area contributed by atoms with Crippen molar-refractivity contribution in [3.63, 3.8) is 0 Å². The maximum absolute atomic E-state index is 11.1. The first-order chi connectivity index (χ1) is 6.24. The zero-order chi connectivity index (χ0) is 9.68. The molecule has 0 amide bonds. The summed E-state index contributed by atoms with van der Waals surface area (Å²) in [7, 11) is 0. The van der Waals surface area contributed by atoms with E-state index in [4.69, 9.17) is 11.6 Å². The molecule has 0 bridgehead atoms. The number of benzene rings is 1. The summed E-state index contributed by atoms with van der Waals surface area (Å²) in [5, 5.41) is 0. The molecule has 0 fully saturated rings. The topological polar surface area (TPSA) is 34.1 Å². The van der Waals surface area contributed by atoms with Gasteiger partial charge in [-0.3, -0.25) is 9.59 Å². The van der Waals surface area contributed by atoms with Crippen LogP contribution in [0, 0.1) is 0 Å². The van der Waals surface area contributed by atoms with E-state index in [1.807, 2.05) is 18.2 Å². The molecular formula is C10H9ClO2. The molecule has 1 aromatic carbocycles. The van der Waals surface area contributed by atoms with Crippen LogP contribution in [0.4, 0.5) is 0 Å². The van der Waals surface area contributed by atoms with Gasteiger partial charge in [0.15, 0.2) is 0 Å². The zero-order valence-corrected chi connectivity index (χ0v) is 7.75. The van der Waals surface area contributed by atoms with Gasteiger partial charge in [-0.15, -0.1) is 11.6 Å². The van der Waals surface area contributed by atoms with Gasteiger partial charge >= 0.3 is 0 Å². The Morgan fingerprint density at radius 3 is 2.23 bits per heavy atom. The highest BCUT2D eigenvalue weighted by atomic mass is 35.5. The molecule has 0 heterocycles. The highest BCUT2D eigenvalue weighted by Gasteiger charge is 2.11. The van der Waals surface area contributed by atoms with Crippen LogP contribution in [0.5, 0.6) is 0 Å². The van der Waals surface area contributed by atoms with Crippen LogP contribution in [0.25, 0.3) is 0 Å². The summed E-state index contributed by atoms with van der Waals surface area (Å²) >= 11 is 5.24. The average molecular weight is 197 g/mol. The van der Waals surface area contributed by atoms with Crippen molar-refractivity contribution in [2.24, 2.45) is 0 Å². The van der Waals surface area contributed by atoms with E-state index in [2.05, 4.69) is 0 Å². The van der Waals surface area contributed by atoms with Crippen LogP contribution in [0.15, 0.2) is 30.3 Å². The van der Waals surface area contributed by atoms with Gasteiger partial charge in [0.2, 0.25) is 11.6 Å². The minimum Gasteiger partial charge on any atom is -0.290 e. The molecule has 0 aliphatic rings. The molecule has 3 heteroatoms. The predicted octanol–water partition coefficient (Wildman–Crippen LogP) is 1.61. The van der Waals surface area contributed by atoms with Crippen LogP contribution in [-0.2, 0) is 16.0 Å². The van der Waals surface area contributed by atoms with E-state index in [0.717, 1.165) is 5.56 Å². The number of carbonyl (C=O) groups is 2. The predicted molar refractivity (Wildman–Crippen MR) is 50.9 cm³/mol. The van der Waals surface area contributed by atoms with Gasteiger partial charge in [0.05, 0.1) is 5.88 Å². The third-order valence-corrected chi connectivity index (χ3v) is 1.88. The Morgan fingerprint density at radius 1 is 1.08 bits per heavy atom. The van der Waals surface area contributed by atoms with E-state index in [1.165, 1.54) is 0 Å². The minimum atomic E-state index is -0.523. The fourth-order valence-corrected chi connectivity index (χ4v) is 1.10. The summed E-state index contributed by atoms with van der Waals surface area (Å²) in [6.45, 7) is 0. The maximum atomic E-state index is 11.1. The van der Waals surface area contributed by atoms with E-state index >= 15 is 0 Å². The molecule has 0 saturated heterocycles. The monoisotopic (exact) mass is 196 g/mol. The van der Waals surface area contributed by atoms with Crippen LogP contribution >= 0.6 is 11.6 Å². The molecule has 0 atom stereocenters. The number of alkyl halides is 1. The highest BCUT2D eigenvalue weighted by Crippen LogP contribution is 2.00. The number of hydrogen-bond donors (Lipinski definition) is 0.